The molecule has 1 aliphatic heterocycles. The predicted octanol–water partition coefficient (Wildman–Crippen LogP) is 2.15. The number of nitrogens with one attached hydrogen (secondary N) is 3. The number of nitrogens with zero attached hydrogens (tertiary/aromatic N) is 1. The SMILES string of the molecule is O=C(Cc1cc(=O)[nH]c(SCC(=O)Nc2ccc3c(c2)OCO3)n1)NCc1cccs1. The number of fused-ring (bicyclic) bond motifs is 1. The van der Waals surface area contributed by atoms with Crippen molar-refractivity contribution in [3.8, 4) is 11.5 Å². The van der Waals surface area contributed by atoms with Gasteiger partial charge in [-0.15, -0.1) is 11.3 Å². The summed E-state index contributed by atoms with van der Waals surface area (Å²) in [6.07, 6.45) is -0.0216. The van der Waals surface area contributed by atoms with Crippen LogP contribution in [-0.4, -0.2) is 34.3 Å². The Bertz CT molecular complexity index is 1150. The van der Waals surface area contributed by atoms with Crippen LogP contribution in [-0.2, 0) is 22.6 Å². The summed E-state index contributed by atoms with van der Waals surface area (Å²) < 4.78 is 10.5. The van der Waals surface area contributed by atoms with Crippen LogP contribution in [0.25, 0.3) is 0 Å². The molecular weight excluding hydrogens is 440 g/mol. The summed E-state index contributed by atoms with van der Waals surface area (Å²) in [6, 6.07) is 10.2. The van der Waals surface area contributed by atoms with Gasteiger partial charge in [0.05, 0.1) is 24.4 Å². The van der Waals surface area contributed by atoms with Crippen LogP contribution in [0.1, 0.15) is 10.6 Å². The van der Waals surface area contributed by atoms with E-state index in [0.717, 1.165) is 16.6 Å². The fourth-order valence-corrected chi connectivity index (χ4v) is 4.11. The topological polar surface area (TPSA) is 122 Å². The molecule has 0 bridgehead atoms. The summed E-state index contributed by atoms with van der Waals surface area (Å²) in [5.41, 5.74) is 0.535. The van der Waals surface area contributed by atoms with Gasteiger partial charge >= 0.3 is 0 Å². The number of aromatic nitrogens is 2. The molecule has 0 saturated heterocycles. The number of benzene rings is 1. The van der Waals surface area contributed by atoms with E-state index in [2.05, 4.69) is 20.6 Å². The van der Waals surface area contributed by atoms with Crippen molar-refractivity contribution in [2.24, 2.45) is 0 Å². The lowest BCUT2D eigenvalue weighted by Crippen LogP contribution is -2.25. The van der Waals surface area contributed by atoms with Crippen molar-refractivity contribution in [2.45, 2.75) is 18.1 Å². The van der Waals surface area contributed by atoms with Gasteiger partial charge in [0, 0.05) is 22.7 Å². The lowest BCUT2D eigenvalue weighted by Gasteiger charge is -2.07. The first-order valence-corrected chi connectivity index (χ1v) is 11.1. The van der Waals surface area contributed by atoms with Crippen LogP contribution in [0.4, 0.5) is 5.69 Å². The first-order valence-electron chi connectivity index (χ1n) is 9.27. The highest BCUT2D eigenvalue weighted by Crippen LogP contribution is 2.34. The summed E-state index contributed by atoms with van der Waals surface area (Å²) in [5, 5.41) is 7.76. The summed E-state index contributed by atoms with van der Waals surface area (Å²) in [6.45, 7) is 0.589. The minimum Gasteiger partial charge on any atom is -0.454 e. The highest BCUT2D eigenvalue weighted by molar-refractivity contribution is 7.99. The third kappa shape index (κ3) is 5.86. The number of hydrogen-bond acceptors (Lipinski definition) is 8. The number of anilines is 1. The van der Waals surface area contributed by atoms with Crippen LogP contribution in [0, 0.1) is 0 Å². The van der Waals surface area contributed by atoms with Crippen molar-refractivity contribution in [3.05, 3.63) is 62.7 Å². The predicted molar refractivity (Wildman–Crippen MR) is 117 cm³/mol. The maximum Gasteiger partial charge on any atom is 0.251 e. The number of thiophene rings is 1. The molecule has 0 unspecified atom stereocenters. The molecule has 160 valence electrons. The maximum atomic E-state index is 12.2. The number of ether oxygens (including phenoxy) is 2. The summed E-state index contributed by atoms with van der Waals surface area (Å²) in [4.78, 5) is 44.2. The number of rotatable bonds is 8. The molecule has 2 amide bonds. The van der Waals surface area contributed by atoms with E-state index in [4.69, 9.17) is 9.47 Å². The summed E-state index contributed by atoms with van der Waals surface area (Å²) in [7, 11) is 0. The molecule has 0 radical (unpaired) electrons. The zero-order valence-electron chi connectivity index (χ0n) is 16.2. The molecule has 0 spiro atoms. The minimum absolute atomic E-state index is 0.0216. The molecule has 0 saturated carbocycles. The molecule has 0 atom stereocenters. The fourth-order valence-electron chi connectivity index (χ4n) is 2.77. The standard InChI is InChI=1S/C20H18N4O5S2/c25-17(21-9-14-2-1-5-30-14)7-13-8-18(26)24-20(23-13)31-10-19(27)22-12-3-4-15-16(6-12)29-11-28-15/h1-6,8H,7,9-11H2,(H,21,25)(H,22,27)(H,23,24,26). The van der Waals surface area contributed by atoms with Gasteiger partial charge in [0.15, 0.2) is 16.7 Å². The van der Waals surface area contributed by atoms with E-state index in [0.29, 0.717) is 29.4 Å². The van der Waals surface area contributed by atoms with Crippen molar-refractivity contribution >= 4 is 40.6 Å². The third-order valence-corrected chi connectivity index (χ3v) is 5.90. The van der Waals surface area contributed by atoms with Gasteiger partial charge in [-0.1, -0.05) is 17.8 Å². The van der Waals surface area contributed by atoms with Crippen LogP contribution in [0.2, 0.25) is 0 Å². The Kier molecular flexibility index (Phi) is 6.53. The molecule has 2 aromatic heterocycles. The van der Waals surface area contributed by atoms with E-state index in [9.17, 15) is 14.4 Å². The van der Waals surface area contributed by atoms with Gasteiger partial charge in [0.25, 0.3) is 5.56 Å². The molecule has 4 rings (SSSR count). The molecule has 3 aromatic rings. The average Bonchev–Trinajstić information content (AvgIpc) is 3.42. The lowest BCUT2D eigenvalue weighted by molar-refractivity contribution is -0.120. The monoisotopic (exact) mass is 458 g/mol. The number of aromatic amines is 1. The van der Waals surface area contributed by atoms with Crippen LogP contribution >= 0.6 is 23.1 Å². The van der Waals surface area contributed by atoms with Gasteiger partial charge in [0.2, 0.25) is 18.6 Å². The van der Waals surface area contributed by atoms with Crippen LogP contribution in [0.3, 0.4) is 0 Å². The molecule has 9 nitrogen and oxygen atoms in total. The van der Waals surface area contributed by atoms with E-state index in [-0.39, 0.29) is 41.5 Å². The normalized spacial score (nSPS) is 11.9. The quantitative estimate of drug-likeness (QED) is 0.349. The molecule has 0 fully saturated rings. The van der Waals surface area contributed by atoms with E-state index in [1.807, 2.05) is 17.5 Å². The van der Waals surface area contributed by atoms with Gasteiger partial charge in [0.1, 0.15) is 0 Å². The smallest absolute Gasteiger partial charge is 0.251 e. The average molecular weight is 459 g/mol. The Morgan fingerprint density at radius 1 is 1.16 bits per heavy atom. The minimum atomic E-state index is -0.380. The van der Waals surface area contributed by atoms with Crippen molar-refractivity contribution < 1.29 is 19.1 Å². The number of thioether (sulfide) groups is 1. The van der Waals surface area contributed by atoms with E-state index < -0.39 is 0 Å². The lowest BCUT2D eigenvalue weighted by atomic mass is 10.3. The number of H-pyrrole nitrogens is 1. The van der Waals surface area contributed by atoms with Gasteiger partial charge in [-0.05, 0) is 23.6 Å². The zero-order valence-corrected chi connectivity index (χ0v) is 17.8. The highest BCUT2D eigenvalue weighted by atomic mass is 32.2. The summed E-state index contributed by atoms with van der Waals surface area (Å²) >= 11 is 2.63. The van der Waals surface area contributed by atoms with Gasteiger partial charge in [-0.25, -0.2) is 4.98 Å². The van der Waals surface area contributed by atoms with E-state index in [1.165, 1.54) is 6.07 Å². The van der Waals surface area contributed by atoms with Crippen LogP contribution < -0.4 is 25.7 Å². The Balaban J connectivity index is 1.30. The number of carbonyl (C=O) groups excluding carboxylic acids is 2. The fraction of sp³-hybridized carbons (Fsp3) is 0.200. The highest BCUT2D eigenvalue weighted by Gasteiger charge is 2.15. The maximum absolute atomic E-state index is 12.2. The third-order valence-electron chi connectivity index (χ3n) is 4.15. The number of carbonyl (C=O) groups is 2. The van der Waals surface area contributed by atoms with E-state index in [1.54, 1.807) is 29.5 Å². The first kappa shape index (κ1) is 20.9. The van der Waals surface area contributed by atoms with Crippen molar-refractivity contribution in [2.75, 3.05) is 17.9 Å². The van der Waals surface area contributed by atoms with Crippen LogP contribution in [0.5, 0.6) is 11.5 Å². The van der Waals surface area contributed by atoms with Crippen LogP contribution in [0.15, 0.2) is 51.7 Å². The Morgan fingerprint density at radius 2 is 2.03 bits per heavy atom. The van der Waals surface area contributed by atoms with Gasteiger partial charge < -0.3 is 25.1 Å². The van der Waals surface area contributed by atoms with Crippen molar-refractivity contribution in [3.63, 3.8) is 0 Å². The molecule has 3 heterocycles. The van der Waals surface area contributed by atoms with Crippen molar-refractivity contribution in [1.29, 1.82) is 0 Å². The zero-order chi connectivity index (χ0) is 21.6. The molecule has 1 aliphatic rings. The second kappa shape index (κ2) is 9.67. The summed E-state index contributed by atoms with van der Waals surface area (Å²) in [5.74, 6) is 0.728. The molecule has 11 heteroatoms. The number of hydrogen-bond donors (Lipinski definition) is 3. The first-order chi connectivity index (χ1) is 15.0. The largest absolute Gasteiger partial charge is 0.454 e. The van der Waals surface area contributed by atoms with Gasteiger partial charge in [-0.2, -0.15) is 0 Å². The molecule has 0 aliphatic carbocycles. The second-order valence-electron chi connectivity index (χ2n) is 6.48. The Morgan fingerprint density at radius 3 is 2.87 bits per heavy atom. The molecule has 31 heavy (non-hydrogen) atoms. The molecule has 1 aromatic carbocycles. The van der Waals surface area contributed by atoms with Crippen molar-refractivity contribution in [1.82, 2.24) is 15.3 Å². The van der Waals surface area contributed by atoms with E-state index >= 15 is 0 Å². The Labute approximate surface area is 185 Å². The van der Waals surface area contributed by atoms with Gasteiger partial charge in [-0.3, -0.25) is 14.4 Å². The second-order valence-corrected chi connectivity index (χ2v) is 8.48. The molecule has 3 N–H and O–H groups in total. The number of amides is 2. The molecular formula is C20H18N4O5S2. The Hall–Kier alpha value is -3.31.